The van der Waals surface area contributed by atoms with E-state index in [4.69, 9.17) is 9.47 Å². The van der Waals surface area contributed by atoms with Crippen LogP contribution in [0.25, 0.3) is 0 Å². The number of hydrogen-bond acceptors (Lipinski definition) is 5. The van der Waals surface area contributed by atoms with Crippen LogP contribution in [0.15, 0.2) is 49.6 Å². The van der Waals surface area contributed by atoms with Gasteiger partial charge in [0.15, 0.2) is 6.61 Å². The molecule has 1 N–H and O–H groups in total. The van der Waals surface area contributed by atoms with E-state index in [0.29, 0.717) is 24.4 Å². The normalized spacial score (nSPS) is 9.64. The second kappa shape index (κ2) is 10.6. The molecule has 1 aromatic rings. The van der Waals surface area contributed by atoms with Crippen molar-refractivity contribution in [2.45, 2.75) is 0 Å². The van der Waals surface area contributed by atoms with Crippen molar-refractivity contribution >= 4 is 17.8 Å². The van der Waals surface area contributed by atoms with Crippen LogP contribution in [0.3, 0.4) is 0 Å². The fourth-order valence-electron chi connectivity index (χ4n) is 1.87. The maximum atomic E-state index is 11.9. The lowest BCUT2D eigenvalue weighted by molar-refractivity contribution is -0.150. The van der Waals surface area contributed by atoms with Crippen LogP contribution in [0.2, 0.25) is 0 Å². The fourth-order valence-corrected chi connectivity index (χ4v) is 1.87. The molecule has 0 saturated heterocycles. The van der Waals surface area contributed by atoms with Gasteiger partial charge in [0, 0.05) is 18.7 Å². The first-order chi connectivity index (χ1) is 12.0. The van der Waals surface area contributed by atoms with Gasteiger partial charge in [-0.15, -0.1) is 13.2 Å². The summed E-state index contributed by atoms with van der Waals surface area (Å²) in [6, 6.07) is 6.43. The summed E-state index contributed by atoms with van der Waals surface area (Å²) in [6.07, 6.45) is 3.14. The van der Waals surface area contributed by atoms with Crippen molar-refractivity contribution in [1.82, 2.24) is 10.2 Å². The zero-order chi connectivity index (χ0) is 18.7. The average Bonchev–Trinajstić information content (AvgIpc) is 2.64. The van der Waals surface area contributed by atoms with Crippen molar-refractivity contribution in [3.05, 3.63) is 55.1 Å². The van der Waals surface area contributed by atoms with E-state index >= 15 is 0 Å². The van der Waals surface area contributed by atoms with Crippen molar-refractivity contribution in [3.8, 4) is 5.75 Å². The van der Waals surface area contributed by atoms with Gasteiger partial charge in [-0.05, 0) is 24.3 Å². The Bertz CT molecular complexity index is 615. The Morgan fingerprint density at radius 3 is 2.24 bits per heavy atom. The number of rotatable bonds is 10. The standard InChI is InChI=1S/C18H22N2O5/c1-4-10-20(11-5-2)16(21)13-25-17(22)12-19-18(23)14-6-8-15(24-3)9-7-14/h4-9H,1-2,10-13H2,3H3,(H,19,23). The number of hydrogen-bond donors (Lipinski definition) is 1. The van der Waals surface area contributed by atoms with Crippen LogP contribution in [0.1, 0.15) is 10.4 Å². The molecule has 2 amide bonds. The number of benzene rings is 1. The topological polar surface area (TPSA) is 84.9 Å². The van der Waals surface area contributed by atoms with Crippen LogP contribution in [-0.2, 0) is 14.3 Å². The van der Waals surface area contributed by atoms with E-state index in [-0.39, 0.29) is 12.5 Å². The first-order valence-corrected chi connectivity index (χ1v) is 7.59. The Kier molecular flexibility index (Phi) is 8.49. The number of ether oxygens (including phenoxy) is 2. The van der Waals surface area contributed by atoms with Crippen molar-refractivity contribution in [3.63, 3.8) is 0 Å². The van der Waals surface area contributed by atoms with Gasteiger partial charge in [0.25, 0.3) is 11.8 Å². The molecule has 0 atom stereocenters. The number of nitrogens with zero attached hydrogens (tertiary/aromatic N) is 1. The molecule has 0 saturated carbocycles. The Balaban J connectivity index is 2.40. The minimum absolute atomic E-state index is 0.330. The summed E-state index contributed by atoms with van der Waals surface area (Å²) in [7, 11) is 1.53. The molecule has 134 valence electrons. The zero-order valence-electron chi connectivity index (χ0n) is 14.2. The van der Waals surface area contributed by atoms with Crippen molar-refractivity contribution in [2.75, 3.05) is 33.4 Å². The van der Waals surface area contributed by atoms with E-state index in [2.05, 4.69) is 18.5 Å². The second-order valence-electron chi connectivity index (χ2n) is 4.95. The van der Waals surface area contributed by atoms with Crippen molar-refractivity contribution in [2.24, 2.45) is 0 Å². The van der Waals surface area contributed by atoms with E-state index < -0.39 is 18.5 Å². The summed E-state index contributed by atoms with van der Waals surface area (Å²) >= 11 is 0. The average molecular weight is 346 g/mol. The molecule has 0 aromatic heterocycles. The first kappa shape index (κ1) is 20.0. The molecule has 0 aliphatic carbocycles. The van der Waals surface area contributed by atoms with E-state index in [1.165, 1.54) is 12.0 Å². The van der Waals surface area contributed by atoms with Gasteiger partial charge in [-0.25, -0.2) is 0 Å². The Labute approximate surface area is 146 Å². The summed E-state index contributed by atoms with van der Waals surface area (Å²) in [6.45, 7) is 7.04. The lowest BCUT2D eigenvalue weighted by Crippen LogP contribution is -2.37. The SMILES string of the molecule is C=CCN(CC=C)C(=O)COC(=O)CNC(=O)c1ccc(OC)cc1. The minimum Gasteiger partial charge on any atom is -0.497 e. The molecule has 0 unspecified atom stereocenters. The van der Waals surface area contributed by atoms with Crippen LogP contribution >= 0.6 is 0 Å². The van der Waals surface area contributed by atoms with E-state index in [9.17, 15) is 14.4 Å². The maximum Gasteiger partial charge on any atom is 0.325 e. The highest BCUT2D eigenvalue weighted by Gasteiger charge is 2.14. The molecule has 25 heavy (non-hydrogen) atoms. The molecular formula is C18H22N2O5. The van der Waals surface area contributed by atoms with Crippen molar-refractivity contribution < 1.29 is 23.9 Å². The molecule has 1 aromatic carbocycles. The largest absolute Gasteiger partial charge is 0.497 e. The number of amides is 2. The van der Waals surface area contributed by atoms with Gasteiger partial charge in [0.2, 0.25) is 0 Å². The molecule has 7 nitrogen and oxygen atoms in total. The minimum atomic E-state index is -0.702. The van der Waals surface area contributed by atoms with Crippen molar-refractivity contribution in [1.29, 1.82) is 0 Å². The molecular weight excluding hydrogens is 324 g/mol. The molecule has 0 bridgehead atoms. The van der Waals surface area contributed by atoms with Gasteiger partial charge < -0.3 is 19.7 Å². The lowest BCUT2D eigenvalue weighted by Gasteiger charge is -2.18. The van der Waals surface area contributed by atoms with Gasteiger partial charge in [-0.3, -0.25) is 14.4 Å². The number of nitrogens with one attached hydrogen (secondary N) is 1. The van der Waals surface area contributed by atoms with Gasteiger partial charge in [-0.2, -0.15) is 0 Å². The van der Waals surface area contributed by atoms with Gasteiger partial charge in [0.1, 0.15) is 12.3 Å². The maximum absolute atomic E-state index is 11.9. The smallest absolute Gasteiger partial charge is 0.325 e. The number of esters is 1. The predicted octanol–water partition coefficient (Wildman–Crippen LogP) is 1.17. The third-order valence-corrected chi connectivity index (χ3v) is 3.15. The third-order valence-electron chi connectivity index (χ3n) is 3.15. The van der Waals surface area contributed by atoms with Gasteiger partial charge in [-0.1, -0.05) is 12.2 Å². The summed E-state index contributed by atoms with van der Waals surface area (Å²) in [5.74, 6) is -0.869. The molecule has 7 heteroatoms. The van der Waals surface area contributed by atoms with Crippen LogP contribution < -0.4 is 10.1 Å². The Morgan fingerprint density at radius 2 is 1.72 bits per heavy atom. The monoisotopic (exact) mass is 346 g/mol. The predicted molar refractivity (Wildman–Crippen MR) is 93.3 cm³/mol. The zero-order valence-corrected chi connectivity index (χ0v) is 14.2. The molecule has 0 heterocycles. The van der Waals surface area contributed by atoms with Crippen LogP contribution in [0, 0.1) is 0 Å². The van der Waals surface area contributed by atoms with Crippen LogP contribution in [0.4, 0.5) is 0 Å². The Morgan fingerprint density at radius 1 is 1.12 bits per heavy atom. The third kappa shape index (κ3) is 6.90. The number of carbonyl (C=O) groups excluding carboxylic acids is 3. The molecule has 0 spiro atoms. The quantitative estimate of drug-likeness (QED) is 0.508. The number of carbonyl (C=O) groups is 3. The summed E-state index contributed by atoms with van der Waals surface area (Å²) in [4.78, 5) is 36.9. The molecule has 1 rings (SSSR count). The summed E-state index contributed by atoms with van der Waals surface area (Å²) < 4.78 is 9.87. The number of methoxy groups -OCH3 is 1. The van der Waals surface area contributed by atoms with E-state index in [1.807, 2.05) is 0 Å². The fraction of sp³-hybridized carbons (Fsp3) is 0.278. The van der Waals surface area contributed by atoms with Gasteiger partial charge >= 0.3 is 5.97 Å². The van der Waals surface area contributed by atoms with Gasteiger partial charge in [0.05, 0.1) is 7.11 Å². The van der Waals surface area contributed by atoms with E-state index in [1.54, 1.807) is 36.4 Å². The molecule has 0 aliphatic heterocycles. The lowest BCUT2D eigenvalue weighted by atomic mass is 10.2. The first-order valence-electron chi connectivity index (χ1n) is 7.59. The highest BCUT2D eigenvalue weighted by atomic mass is 16.5. The van der Waals surface area contributed by atoms with Crippen LogP contribution in [0.5, 0.6) is 5.75 Å². The highest BCUT2D eigenvalue weighted by molar-refractivity contribution is 5.96. The summed E-state index contributed by atoms with van der Waals surface area (Å²) in [5, 5.41) is 2.43. The molecule has 0 aliphatic rings. The Hall–Kier alpha value is -3.09. The highest BCUT2D eigenvalue weighted by Crippen LogP contribution is 2.10. The second-order valence-corrected chi connectivity index (χ2v) is 4.95. The van der Waals surface area contributed by atoms with Crippen LogP contribution in [-0.4, -0.2) is 56.0 Å². The molecule has 0 fully saturated rings. The molecule has 0 radical (unpaired) electrons. The summed E-state index contributed by atoms with van der Waals surface area (Å²) in [5.41, 5.74) is 0.382. The van der Waals surface area contributed by atoms with E-state index in [0.717, 1.165) is 0 Å².